The Morgan fingerprint density at radius 1 is 0.880 bits per heavy atom. The van der Waals surface area contributed by atoms with Crippen molar-refractivity contribution in [2.24, 2.45) is 7.05 Å². The first-order chi connectivity index (χ1) is 11.9. The van der Waals surface area contributed by atoms with Gasteiger partial charge in [-0.3, -0.25) is 0 Å². The number of fused-ring (bicyclic) bond motifs is 1. The number of hydrogen-bond acceptors (Lipinski definition) is 1. The monoisotopic (exact) mass is 333 g/mol. The quantitative estimate of drug-likeness (QED) is 0.591. The van der Waals surface area contributed by atoms with Crippen LogP contribution in [0.4, 0.5) is 5.69 Å². The fourth-order valence-electron chi connectivity index (χ4n) is 3.87. The molecule has 1 aromatic heterocycles. The fourth-order valence-corrected chi connectivity index (χ4v) is 3.87. The average molecular weight is 333 g/mol. The summed E-state index contributed by atoms with van der Waals surface area (Å²) in [5.74, 6) is 0. The van der Waals surface area contributed by atoms with Crippen LogP contribution in [0.25, 0.3) is 22.0 Å². The zero-order valence-corrected chi connectivity index (χ0v) is 16.2. The molecular weight excluding hydrogens is 304 g/mol. The van der Waals surface area contributed by atoms with Crippen LogP contribution in [0.5, 0.6) is 0 Å². The summed E-state index contributed by atoms with van der Waals surface area (Å²) >= 11 is 0. The maximum Gasteiger partial charge on any atom is 0.220 e. The van der Waals surface area contributed by atoms with Gasteiger partial charge >= 0.3 is 0 Å². The predicted octanol–water partition coefficient (Wildman–Crippen LogP) is 5.26. The molecular formula is C23H29N2+. The lowest BCUT2D eigenvalue weighted by atomic mass is 9.98. The van der Waals surface area contributed by atoms with Gasteiger partial charge < -0.3 is 4.90 Å². The largest absolute Gasteiger partial charge is 0.367 e. The van der Waals surface area contributed by atoms with Crippen LogP contribution in [0.2, 0.25) is 0 Å². The molecule has 130 valence electrons. The number of benzene rings is 2. The molecule has 2 aromatic carbocycles. The number of nitrogens with zero attached hydrogens (tertiary/aromatic N) is 2. The second kappa shape index (κ2) is 6.87. The molecule has 3 rings (SSSR count). The molecule has 0 aliphatic heterocycles. The molecule has 0 atom stereocenters. The molecule has 2 nitrogen and oxygen atoms in total. The van der Waals surface area contributed by atoms with Crippen molar-refractivity contribution in [2.75, 3.05) is 4.90 Å². The van der Waals surface area contributed by atoms with Crippen LogP contribution < -0.4 is 9.47 Å². The van der Waals surface area contributed by atoms with Gasteiger partial charge in [0, 0.05) is 23.8 Å². The van der Waals surface area contributed by atoms with Crippen molar-refractivity contribution in [3.05, 3.63) is 60.3 Å². The minimum atomic E-state index is 0.469. The molecule has 0 amide bonds. The molecule has 0 fully saturated rings. The third-order valence-electron chi connectivity index (χ3n) is 4.93. The standard InChI is InChI=1S/C23H29N2/c1-16(2)25(17(3)4)20-12-11-18(5)22(15-20)23-21-10-8-7-9-19(21)13-14-24(23)6/h7-17H,1-6H3/q+1. The highest BCUT2D eigenvalue weighted by atomic mass is 15.2. The van der Waals surface area contributed by atoms with E-state index in [1.54, 1.807) is 0 Å². The van der Waals surface area contributed by atoms with E-state index in [2.05, 4.69) is 106 Å². The second-order valence-corrected chi connectivity index (χ2v) is 7.46. The number of anilines is 1. The number of rotatable bonds is 4. The van der Waals surface area contributed by atoms with Crippen LogP contribution in [0.15, 0.2) is 54.7 Å². The zero-order valence-electron chi connectivity index (χ0n) is 16.2. The SMILES string of the molecule is Cc1ccc(N(C(C)C)C(C)C)cc1-c1c2ccccc2cc[n+]1C. The molecule has 0 saturated heterocycles. The lowest BCUT2D eigenvalue weighted by molar-refractivity contribution is -0.659. The van der Waals surface area contributed by atoms with E-state index < -0.39 is 0 Å². The number of pyridine rings is 1. The first-order valence-corrected chi connectivity index (χ1v) is 9.17. The summed E-state index contributed by atoms with van der Waals surface area (Å²) in [5, 5.41) is 2.58. The maximum absolute atomic E-state index is 2.48. The third kappa shape index (κ3) is 3.26. The molecule has 25 heavy (non-hydrogen) atoms. The molecule has 0 saturated carbocycles. The highest BCUT2D eigenvalue weighted by molar-refractivity contribution is 5.94. The van der Waals surface area contributed by atoms with Gasteiger partial charge in [0.15, 0.2) is 6.20 Å². The molecule has 3 aromatic rings. The fraction of sp³-hybridized carbons (Fsp3) is 0.348. The van der Waals surface area contributed by atoms with Gasteiger partial charge in [-0.1, -0.05) is 24.3 Å². The lowest BCUT2D eigenvalue weighted by Crippen LogP contribution is -2.37. The van der Waals surface area contributed by atoms with Crippen molar-refractivity contribution in [3.8, 4) is 11.3 Å². The number of aromatic nitrogens is 1. The smallest absolute Gasteiger partial charge is 0.220 e. The minimum absolute atomic E-state index is 0.469. The van der Waals surface area contributed by atoms with Crippen molar-refractivity contribution in [2.45, 2.75) is 46.7 Å². The molecule has 0 unspecified atom stereocenters. The number of hydrogen-bond donors (Lipinski definition) is 0. The Hall–Kier alpha value is -2.35. The van der Waals surface area contributed by atoms with Gasteiger partial charge in [-0.25, -0.2) is 4.57 Å². The van der Waals surface area contributed by atoms with E-state index in [9.17, 15) is 0 Å². The van der Waals surface area contributed by atoms with Crippen LogP contribution in [0.3, 0.4) is 0 Å². The van der Waals surface area contributed by atoms with Crippen LogP contribution >= 0.6 is 0 Å². The maximum atomic E-state index is 2.48. The van der Waals surface area contributed by atoms with Crippen molar-refractivity contribution in [1.29, 1.82) is 0 Å². The summed E-state index contributed by atoms with van der Waals surface area (Å²) in [4.78, 5) is 2.48. The second-order valence-electron chi connectivity index (χ2n) is 7.46. The number of aryl methyl sites for hydroxylation is 2. The molecule has 0 spiro atoms. The summed E-state index contributed by atoms with van der Waals surface area (Å²) in [7, 11) is 2.14. The summed E-state index contributed by atoms with van der Waals surface area (Å²) in [5.41, 5.74) is 5.19. The first kappa shape index (κ1) is 17.5. The Morgan fingerprint density at radius 3 is 2.24 bits per heavy atom. The van der Waals surface area contributed by atoms with Crippen LogP contribution in [0.1, 0.15) is 33.3 Å². The molecule has 0 aliphatic rings. The first-order valence-electron chi connectivity index (χ1n) is 9.17. The zero-order chi connectivity index (χ0) is 18.1. The summed E-state index contributed by atoms with van der Waals surface area (Å²) in [6, 6.07) is 18.6. The Bertz CT molecular complexity index is 886. The molecule has 0 N–H and O–H groups in total. The summed E-state index contributed by atoms with van der Waals surface area (Å²) < 4.78 is 2.24. The Morgan fingerprint density at radius 2 is 1.56 bits per heavy atom. The van der Waals surface area contributed by atoms with Crippen molar-refractivity contribution >= 4 is 16.5 Å². The van der Waals surface area contributed by atoms with Gasteiger partial charge in [0.05, 0.1) is 10.9 Å². The molecule has 0 bridgehead atoms. The van der Waals surface area contributed by atoms with E-state index in [-0.39, 0.29) is 0 Å². The molecule has 0 aliphatic carbocycles. The minimum Gasteiger partial charge on any atom is -0.367 e. The molecule has 1 heterocycles. The van der Waals surface area contributed by atoms with E-state index in [1.807, 2.05) is 0 Å². The van der Waals surface area contributed by atoms with Crippen LogP contribution in [0, 0.1) is 6.92 Å². The Balaban J connectivity index is 2.25. The van der Waals surface area contributed by atoms with E-state index in [4.69, 9.17) is 0 Å². The van der Waals surface area contributed by atoms with Crippen molar-refractivity contribution < 1.29 is 4.57 Å². The highest BCUT2D eigenvalue weighted by Gasteiger charge is 2.20. The van der Waals surface area contributed by atoms with Gasteiger partial charge in [-0.2, -0.15) is 0 Å². The van der Waals surface area contributed by atoms with E-state index in [1.165, 1.54) is 33.3 Å². The average Bonchev–Trinajstić information content (AvgIpc) is 2.56. The van der Waals surface area contributed by atoms with E-state index in [0.29, 0.717) is 12.1 Å². The van der Waals surface area contributed by atoms with Crippen molar-refractivity contribution in [3.63, 3.8) is 0 Å². The normalized spacial score (nSPS) is 11.5. The summed E-state index contributed by atoms with van der Waals surface area (Å²) in [6.45, 7) is 11.2. The third-order valence-corrected chi connectivity index (χ3v) is 4.93. The van der Waals surface area contributed by atoms with Gasteiger partial charge in [0.25, 0.3) is 0 Å². The lowest BCUT2D eigenvalue weighted by Gasteiger charge is -2.33. The molecule has 0 radical (unpaired) electrons. The Labute approximate surface area is 151 Å². The predicted molar refractivity (Wildman–Crippen MR) is 108 cm³/mol. The van der Waals surface area contributed by atoms with E-state index >= 15 is 0 Å². The van der Waals surface area contributed by atoms with E-state index in [0.717, 1.165) is 0 Å². The van der Waals surface area contributed by atoms with Crippen LogP contribution in [-0.2, 0) is 7.05 Å². The van der Waals surface area contributed by atoms with Gasteiger partial charge in [0.1, 0.15) is 7.05 Å². The van der Waals surface area contributed by atoms with Gasteiger partial charge in [-0.05, 0) is 63.8 Å². The summed E-state index contributed by atoms with van der Waals surface area (Å²) in [6.07, 6.45) is 2.16. The molecule has 2 heteroatoms. The van der Waals surface area contributed by atoms with Gasteiger partial charge in [-0.15, -0.1) is 0 Å². The topological polar surface area (TPSA) is 7.12 Å². The van der Waals surface area contributed by atoms with Crippen LogP contribution in [-0.4, -0.2) is 12.1 Å². The Kier molecular flexibility index (Phi) is 4.80. The highest BCUT2D eigenvalue weighted by Crippen LogP contribution is 2.32. The van der Waals surface area contributed by atoms with Gasteiger partial charge in [0.2, 0.25) is 5.69 Å². The van der Waals surface area contributed by atoms with Crippen molar-refractivity contribution in [1.82, 2.24) is 0 Å².